The standard InChI is InChI=1S/C15H20ClN3/c1-10(2)15(3,9-17)19-13-6-7-18-14-8-11(16)4-5-12(13)14/h4-8,10H,9,17H2,1-3H3,(H,18,19). The minimum Gasteiger partial charge on any atom is -0.378 e. The number of benzene rings is 1. The van der Waals surface area contributed by atoms with Crippen molar-refractivity contribution >= 4 is 28.2 Å². The molecule has 102 valence electrons. The molecule has 3 nitrogen and oxygen atoms in total. The van der Waals surface area contributed by atoms with Crippen molar-refractivity contribution in [1.29, 1.82) is 0 Å². The second-order valence-electron chi connectivity index (χ2n) is 5.42. The fraction of sp³-hybridized carbons (Fsp3) is 0.400. The number of anilines is 1. The molecule has 2 aromatic rings. The Hall–Kier alpha value is -1.32. The summed E-state index contributed by atoms with van der Waals surface area (Å²) in [4.78, 5) is 4.35. The van der Waals surface area contributed by atoms with Crippen LogP contribution < -0.4 is 11.1 Å². The Morgan fingerprint density at radius 2 is 2.11 bits per heavy atom. The Balaban J connectivity index is 2.46. The Morgan fingerprint density at radius 1 is 1.37 bits per heavy atom. The van der Waals surface area contributed by atoms with E-state index in [0.29, 0.717) is 17.5 Å². The van der Waals surface area contributed by atoms with Crippen molar-refractivity contribution in [3.8, 4) is 0 Å². The average molecular weight is 278 g/mol. The summed E-state index contributed by atoms with van der Waals surface area (Å²) >= 11 is 6.00. The minimum absolute atomic E-state index is 0.145. The van der Waals surface area contributed by atoms with Crippen molar-refractivity contribution < 1.29 is 0 Å². The van der Waals surface area contributed by atoms with E-state index in [9.17, 15) is 0 Å². The van der Waals surface area contributed by atoms with Crippen LogP contribution in [0.2, 0.25) is 5.02 Å². The fourth-order valence-corrected chi connectivity index (χ4v) is 2.14. The van der Waals surface area contributed by atoms with E-state index in [-0.39, 0.29) is 5.54 Å². The molecule has 0 aliphatic carbocycles. The summed E-state index contributed by atoms with van der Waals surface area (Å²) in [6.45, 7) is 7.04. The molecule has 2 rings (SSSR count). The molecule has 0 aliphatic rings. The zero-order chi connectivity index (χ0) is 14.0. The lowest BCUT2D eigenvalue weighted by Gasteiger charge is -2.35. The lowest BCUT2D eigenvalue weighted by atomic mass is 9.88. The highest BCUT2D eigenvalue weighted by atomic mass is 35.5. The topological polar surface area (TPSA) is 50.9 Å². The third kappa shape index (κ3) is 2.82. The molecule has 0 saturated heterocycles. The second-order valence-corrected chi connectivity index (χ2v) is 5.86. The van der Waals surface area contributed by atoms with Crippen LogP contribution in [-0.4, -0.2) is 17.1 Å². The number of pyridine rings is 1. The van der Waals surface area contributed by atoms with E-state index in [2.05, 4.69) is 31.1 Å². The van der Waals surface area contributed by atoms with Crippen molar-refractivity contribution in [3.63, 3.8) is 0 Å². The van der Waals surface area contributed by atoms with Gasteiger partial charge in [-0.2, -0.15) is 0 Å². The molecule has 0 fully saturated rings. The number of nitrogens with one attached hydrogen (secondary N) is 1. The first-order valence-corrected chi connectivity index (χ1v) is 6.86. The highest BCUT2D eigenvalue weighted by Crippen LogP contribution is 2.28. The van der Waals surface area contributed by atoms with Gasteiger partial charge < -0.3 is 11.1 Å². The fourth-order valence-electron chi connectivity index (χ4n) is 1.97. The van der Waals surface area contributed by atoms with Gasteiger partial charge in [0.2, 0.25) is 0 Å². The van der Waals surface area contributed by atoms with E-state index in [1.807, 2.05) is 24.3 Å². The molecule has 0 saturated carbocycles. The summed E-state index contributed by atoms with van der Waals surface area (Å²) in [6.07, 6.45) is 1.79. The number of hydrogen-bond donors (Lipinski definition) is 2. The third-order valence-corrected chi connectivity index (χ3v) is 4.06. The lowest BCUT2D eigenvalue weighted by molar-refractivity contribution is 0.383. The zero-order valence-electron chi connectivity index (χ0n) is 11.6. The third-order valence-electron chi connectivity index (χ3n) is 3.82. The predicted molar refractivity (Wildman–Crippen MR) is 82.7 cm³/mol. The Labute approximate surface area is 119 Å². The van der Waals surface area contributed by atoms with Crippen molar-refractivity contribution in [2.75, 3.05) is 11.9 Å². The summed E-state index contributed by atoms with van der Waals surface area (Å²) in [5.74, 6) is 0.424. The Kier molecular flexibility index (Phi) is 3.97. The molecule has 19 heavy (non-hydrogen) atoms. The highest BCUT2D eigenvalue weighted by molar-refractivity contribution is 6.31. The van der Waals surface area contributed by atoms with Crippen LogP contribution in [0.25, 0.3) is 10.9 Å². The molecule has 4 heteroatoms. The van der Waals surface area contributed by atoms with Gasteiger partial charge in [0, 0.05) is 34.4 Å². The summed E-state index contributed by atoms with van der Waals surface area (Å²) in [7, 11) is 0. The van der Waals surface area contributed by atoms with Crippen LogP contribution >= 0.6 is 11.6 Å². The van der Waals surface area contributed by atoms with Crippen LogP contribution in [0, 0.1) is 5.92 Å². The van der Waals surface area contributed by atoms with E-state index in [4.69, 9.17) is 17.3 Å². The van der Waals surface area contributed by atoms with Crippen LogP contribution in [0.4, 0.5) is 5.69 Å². The van der Waals surface area contributed by atoms with Gasteiger partial charge in [-0.05, 0) is 37.1 Å². The van der Waals surface area contributed by atoms with Gasteiger partial charge in [0.05, 0.1) is 5.52 Å². The molecular formula is C15H20ClN3. The van der Waals surface area contributed by atoms with Crippen molar-refractivity contribution in [3.05, 3.63) is 35.5 Å². The second kappa shape index (κ2) is 5.35. The van der Waals surface area contributed by atoms with Gasteiger partial charge in [0.25, 0.3) is 0 Å². The maximum absolute atomic E-state index is 6.00. The summed E-state index contributed by atoms with van der Waals surface area (Å²) in [5, 5.41) is 5.32. The first-order valence-electron chi connectivity index (χ1n) is 6.49. The van der Waals surface area contributed by atoms with E-state index < -0.39 is 0 Å². The molecule has 1 aromatic heterocycles. The van der Waals surface area contributed by atoms with Crippen molar-refractivity contribution in [2.45, 2.75) is 26.3 Å². The molecule has 0 spiro atoms. The number of nitrogens with zero attached hydrogens (tertiary/aromatic N) is 1. The molecule has 0 bridgehead atoms. The van der Waals surface area contributed by atoms with Crippen LogP contribution in [0.5, 0.6) is 0 Å². The van der Waals surface area contributed by atoms with Gasteiger partial charge in [-0.25, -0.2) is 0 Å². The molecule has 0 aliphatic heterocycles. The maximum Gasteiger partial charge on any atom is 0.0737 e. The number of aromatic nitrogens is 1. The average Bonchev–Trinajstić information content (AvgIpc) is 2.38. The van der Waals surface area contributed by atoms with Crippen LogP contribution in [-0.2, 0) is 0 Å². The minimum atomic E-state index is -0.145. The normalized spacial score (nSPS) is 14.6. The lowest BCUT2D eigenvalue weighted by Crippen LogP contribution is -2.47. The molecular weight excluding hydrogens is 258 g/mol. The number of nitrogens with two attached hydrogens (primary N) is 1. The summed E-state index contributed by atoms with van der Waals surface area (Å²) in [6, 6.07) is 7.72. The largest absolute Gasteiger partial charge is 0.378 e. The first-order chi connectivity index (χ1) is 8.96. The number of rotatable bonds is 4. The van der Waals surface area contributed by atoms with Gasteiger partial charge >= 0.3 is 0 Å². The SMILES string of the molecule is CC(C)C(C)(CN)Nc1ccnc2cc(Cl)ccc12. The Bertz CT molecular complexity index is 583. The van der Waals surface area contributed by atoms with E-state index in [1.54, 1.807) is 6.20 Å². The highest BCUT2D eigenvalue weighted by Gasteiger charge is 2.26. The number of halogens is 1. The first kappa shape index (κ1) is 14.1. The zero-order valence-corrected chi connectivity index (χ0v) is 12.3. The van der Waals surface area contributed by atoms with Crippen LogP contribution in [0.1, 0.15) is 20.8 Å². The van der Waals surface area contributed by atoms with Crippen molar-refractivity contribution in [2.24, 2.45) is 11.7 Å². The molecule has 1 heterocycles. The predicted octanol–water partition coefficient (Wildman–Crippen LogP) is 3.67. The summed E-state index contributed by atoms with van der Waals surface area (Å²) < 4.78 is 0. The van der Waals surface area contributed by atoms with Gasteiger partial charge in [-0.3, -0.25) is 4.98 Å². The van der Waals surface area contributed by atoms with Gasteiger partial charge in [0.15, 0.2) is 0 Å². The van der Waals surface area contributed by atoms with E-state index in [1.165, 1.54) is 0 Å². The molecule has 1 atom stereocenters. The van der Waals surface area contributed by atoms with E-state index >= 15 is 0 Å². The maximum atomic E-state index is 6.00. The van der Waals surface area contributed by atoms with Crippen LogP contribution in [0.3, 0.4) is 0 Å². The monoisotopic (exact) mass is 277 g/mol. The molecule has 1 aromatic carbocycles. The van der Waals surface area contributed by atoms with E-state index in [0.717, 1.165) is 16.6 Å². The number of hydrogen-bond acceptors (Lipinski definition) is 3. The van der Waals surface area contributed by atoms with Gasteiger partial charge in [0.1, 0.15) is 0 Å². The van der Waals surface area contributed by atoms with Gasteiger partial charge in [-0.15, -0.1) is 0 Å². The van der Waals surface area contributed by atoms with Crippen LogP contribution in [0.15, 0.2) is 30.5 Å². The summed E-state index contributed by atoms with van der Waals surface area (Å²) in [5.41, 5.74) is 7.71. The smallest absolute Gasteiger partial charge is 0.0737 e. The quantitative estimate of drug-likeness (QED) is 0.896. The molecule has 0 radical (unpaired) electrons. The molecule has 3 N–H and O–H groups in total. The number of fused-ring (bicyclic) bond motifs is 1. The Morgan fingerprint density at radius 3 is 2.74 bits per heavy atom. The molecule has 1 unspecified atom stereocenters. The van der Waals surface area contributed by atoms with Gasteiger partial charge in [-0.1, -0.05) is 25.4 Å². The van der Waals surface area contributed by atoms with Crippen molar-refractivity contribution in [1.82, 2.24) is 4.98 Å². The molecule has 0 amide bonds.